The molecule has 2 heteroatoms. The van der Waals surface area contributed by atoms with Crippen molar-refractivity contribution in [1.82, 2.24) is 0 Å². The van der Waals surface area contributed by atoms with Gasteiger partial charge in [0.15, 0.2) is 0 Å². The molecule has 80 valence electrons. The Hall–Kier alpha value is -0.630. The van der Waals surface area contributed by atoms with Crippen LogP contribution < -0.4 is 0 Å². The SMILES string of the molecule is CCC(C)(C)C1=C(C=O)CCCC1O. The van der Waals surface area contributed by atoms with E-state index in [-0.39, 0.29) is 5.41 Å². The second-order valence-corrected chi connectivity index (χ2v) is 4.70. The van der Waals surface area contributed by atoms with E-state index in [1.54, 1.807) is 0 Å². The topological polar surface area (TPSA) is 37.3 Å². The van der Waals surface area contributed by atoms with Crippen molar-refractivity contribution in [2.24, 2.45) is 5.41 Å². The van der Waals surface area contributed by atoms with E-state index in [0.29, 0.717) is 0 Å². The lowest BCUT2D eigenvalue weighted by molar-refractivity contribution is -0.105. The quantitative estimate of drug-likeness (QED) is 0.704. The number of carbonyl (C=O) groups excluding carboxylic acids is 1. The van der Waals surface area contributed by atoms with Crippen molar-refractivity contribution >= 4 is 6.29 Å². The Kier molecular flexibility index (Phi) is 3.48. The number of aliphatic hydroxyl groups is 1. The fraction of sp³-hybridized carbons (Fsp3) is 0.750. The summed E-state index contributed by atoms with van der Waals surface area (Å²) in [4.78, 5) is 10.9. The highest BCUT2D eigenvalue weighted by molar-refractivity contribution is 5.75. The van der Waals surface area contributed by atoms with E-state index in [1.807, 2.05) is 0 Å². The van der Waals surface area contributed by atoms with Crippen LogP contribution in [0.2, 0.25) is 0 Å². The summed E-state index contributed by atoms with van der Waals surface area (Å²) in [6.45, 7) is 6.29. The van der Waals surface area contributed by atoms with Crippen LogP contribution in [0.15, 0.2) is 11.1 Å². The second kappa shape index (κ2) is 4.26. The summed E-state index contributed by atoms with van der Waals surface area (Å²) < 4.78 is 0. The lowest BCUT2D eigenvalue weighted by Crippen LogP contribution is -2.29. The summed E-state index contributed by atoms with van der Waals surface area (Å²) in [7, 11) is 0. The first-order valence-electron chi connectivity index (χ1n) is 5.39. The van der Waals surface area contributed by atoms with Gasteiger partial charge in [-0.25, -0.2) is 0 Å². The maximum atomic E-state index is 10.9. The van der Waals surface area contributed by atoms with Crippen LogP contribution >= 0.6 is 0 Å². The Morgan fingerprint density at radius 2 is 2.21 bits per heavy atom. The molecule has 0 fully saturated rings. The molecule has 2 nitrogen and oxygen atoms in total. The van der Waals surface area contributed by atoms with Gasteiger partial charge in [0.05, 0.1) is 6.10 Å². The fourth-order valence-electron chi connectivity index (χ4n) is 2.18. The van der Waals surface area contributed by atoms with Crippen LogP contribution in [0.1, 0.15) is 46.5 Å². The van der Waals surface area contributed by atoms with E-state index in [2.05, 4.69) is 20.8 Å². The molecule has 0 aromatic rings. The van der Waals surface area contributed by atoms with E-state index in [4.69, 9.17) is 0 Å². The molecule has 0 saturated carbocycles. The minimum absolute atomic E-state index is 0.0456. The van der Waals surface area contributed by atoms with E-state index in [9.17, 15) is 9.90 Å². The van der Waals surface area contributed by atoms with Gasteiger partial charge in [-0.2, -0.15) is 0 Å². The molecule has 1 rings (SSSR count). The smallest absolute Gasteiger partial charge is 0.146 e. The Bertz CT molecular complexity index is 251. The van der Waals surface area contributed by atoms with Gasteiger partial charge < -0.3 is 5.11 Å². The second-order valence-electron chi connectivity index (χ2n) is 4.70. The summed E-state index contributed by atoms with van der Waals surface area (Å²) >= 11 is 0. The van der Waals surface area contributed by atoms with Crippen LogP contribution in [0, 0.1) is 5.41 Å². The largest absolute Gasteiger partial charge is 0.389 e. The molecule has 0 heterocycles. The number of carbonyl (C=O) groups is 1. The van der Waals surface area contributed by atoms with Gasteiger partial charge in [-0.3, -0.25) is 4.79 Å². The van der Waals surface area contributed by atoms with Crippen molar-refractivity contribution < 1.29 is 9.90 Å². The van der Waals surface area contributed by atoms with Crippen molar-refractivity contribution in [1.29, 1.82) is 0 Å². The normalized spacial score (nSPS) is 23.9. The number of hydrogen-bond acceptors (Lipinski definition) is 2. The monoisotopic (exact) mass is 196 g/mol. The third-order valence-electron chi connectivity index (χ3n) is 3.36. The molecule has 0 spiro atoms. The first-order valence-corrected chi connectivity index (χ1v) is 5.39. The summed E-state index contributed by atoms with van der Waals surface area (Å²) in [5.41, 5.74) is 1.76. The molecule has 1 N–H and O–H groups in total. The first kappa shape index (κ1) is 11.4. The van der Waals surface area contributed by atoms with Crippen molar-refractivity contribution in [3.8, 4) is 0 Å². The van der Waals surface area contributed by atoms with Gasteiger partial charge in [-0.15, -0.1) is 0 Å². The van der Waals surface area contributed by atoms with Gasteiger partial charge in [-0.1, -0.05) is 20.8 Å². The van der Waals surface area contributed by atoms with Crippen LogP contribution in [0.4, 0.5) is 0 Å². The van der Waals surface area contributed by atoms with E-state index in [1.165, 1.54) is 0 Å². The van der Waals surface area contributed by atoms with Gasteiger partial charge in [0.2, 0.25) is 0 Å². The number of aliphatic hydroxyl groups excluding tert-OH is 1. The number of rotatable bonds is 3. The highest BCUT2D eigenvalue weighted by Gasteiger charge is 2.31. The van der Waals surface area contributed by atoms with Gasteiger partial charge in [0.25, 0.3) is 0 Å². The summed E-state index contributed by atoms with van der Waals surface area (Å²) in [5.74, 6) is 0. The molecule has 0 bridgehead atoms. The maximum absolute atomic E-state index is 10.9. The number of aldehydes is 1. The standard InChI is InChI=1S/C12H20O2/c1-4-12(2,3)11-9(8-13)6-5-7-10(11)14/h8,10,14H,4-7H2,1-3H3. The van der Waals surface area contributed by atoms with Gasteiger partial charge in [-0.05, 0) is 42.2 Å². The molecule has 1 aliphatic rings. The Morgan fingerprint density at radius 1 is 1.57 bits per heavy atom. The van der Waals surface area contributed by atoms with Crippen molar-refractivity contribution in [3.05, 3.63) is 11.1 Å². The van der Waals surface area contributed by atoms with Gasteiger partial charge >= 0.3 is 0 Å². The van der Waals surface area contributed by atoms with Crippen LogP contribution in [-0.2, 0) is 4.79 Å². The molecule has 1 unspecified atom stereocenters. The van der Waals surface area contributed by atoms with E-state index >= 15 is 0 Å². The molecule has 0 aromatic carbocycles. The highest BCUT2D eigenvalue weighted by atomic mass is 16.3. The van der Waals surface area contributed by atoms with Gasteiger partial charge in [0, 0.05) is 0 Å². The summed E-state index contributed by atoms with van der Waals surface area (Å²) in [6.07, 6.45) is 4.04. The van der Waals surface area contributed by atoms with Crippen LogP contribution in [0.3, 0.4) is 0 Å². The average Bonchev–Trinajstić information content (AvgIpc) is 2.17. The van der Waals surface area contributed by atoms with Crippen molar-refractivity contribution in [2.75, 3.05) is 0 Å². The molecule has 0 aliphatic heterocycles. The third-order valence-corrected chi connectivity index (χ3v) is 3.36. The van der Waals surface area contributed by atoms with Gasteiger partial charge in [0.1, 0.15) is 6.29 Å². The minimum atomic E-state index is -0.404. The summed E-state index contributed by atoms with van der Waals surface area (Å²) in [5, 5.41) is 9.92. The Morgan fingerprint density at radius 3 is 2.71 bits per heavy atom. The lowest BCUT2D eigenvalue weighted by atomic mass is 9.72. The predicted molar refractivity (Wildman–Crippen MR) is 57.0 cm³/mol. The Labute approximate surface area is 86.0 Å². The van der Waals surface area contributed by atoms with E-state index < -0.39 is 6.10 Å². The molecule has 14 heavy (non-hydrogen) atoms. The fourth-order valence-corrected chi connectivity index (χ4v) is 2.18. The van der Waals surface area contributed by atoms with Crippen molar-refractivity contribution in [2.45, 2.75) is 52.6 Å². The molecule has 1 atom stereocenters. The summed E-state index contributed by atoms with van der Waals surface area (Å²) in [6, 6.07) is 0. The zero-order valence-corrected chi connectivity index (χ0v) is 9.34. The van der Waals surface area contributed by atoms with Crippen molar-refractivity contribution in [3.63, 3.8) is 0 Å². The average molecular weight is 196 g/mol. The molecule has 0 amide bonds. The zero-order chi connectivity index (χ0) is 10.8. The van der Waals surface area contributed by atoms with E-state index in [0.717, 1.165) is 43.1 Å². The van der Waals surface area contributed by atoms with Crippen LogP contribution in [0.25, 0.3) is 0 Å². The zero-order valence-electron chi connectivity index (χ0n) is 9.34. The lowest BCUT2D eigenvalue weighted by Gasteiger charge is -2.34. The van der Waals surface area contributed by atoms with Crippen LogP contribution in [-0.4, -0.2) is 17.5 Å². The highest BCUT2D eigenvalue weighted by Crippen LogP contribution is 2.39. The predicted octanol–water partition coefficient (Wildman–Crippen LogP) is 2.46. The van der Waals surface area contributed by atoms with Crippen LogP contribution in [0.5, 0.6) is 0 Å². The number of hydrogen-bond donors (Lipinski definition) is 1. The first-order chi connectivity index (χ1) is 6.53. The molecular formula is C12H20O2. The molecule has 0 saturated heterocycles. The third kappa shape index (κ3) is 2.06. The maximum Gasteiger partial charge on any atom is 0.146 e. The number of allylic oxidation sites excluding steroid dienone is 1. The molecular weight excluding hydrogens is 176 g/mol. The molecule has 0 aromatic heterocycles. The minimum Gasteiger partial charge on any atom is -0.389 e. The Balaban J connectivity index is 3.10. The molecule has 0 radical (unpaired) electrons. The molecule has 1 aliphatic carbocycles.